The van der Waals surface area contributed by atoms with E-state index in [2.05, 4.69) is 4.90 Å². The van der Waals surface area contributed by atoms with Crippen LogP contribution in [0.2, 0.25) is 0 Å². The summed E-state index contributed by atoms with van der Waals surface area (Å²) in [4.78, 5) is 30.1. The third kappa shape index (κ3) is 4.58. The maximum atomic E-state index is 13.2. The van der Waals surface area contributed by atoms with Crippen LogP contribution >= 0.6 is 0 Å². The summed E-state index contributed by atoms with van der Waals surface area (Å²) in [6.07, 6.45) is 0. The fraction of sp³-hybridized carbons (Fsp3) is 0.360. The smallest absolute Gasteiger partial charge is 0.295 e. The molecule has 2 aliphatic rings. The molecular weight excluding hydrogens is 424 g/mol. The van der Waals surface area contributed by atoms with Crippen LogP contribution in [-0.2, 0) is 14.3 Å². The molecule has 0 saturated carbocycles. The zero-order valence-corrected chi connectivity index (χ0v) is 18.8. The van der Waals surface area contributed by atoms with Crippen LogP contribution in [0.1, 0.15) is 17.2 Å². The van der Waals surface area contributed by atoms with E-state index in [0.717, 1.165) is 13.1 Å². The minimum absolute atomic E-state index is 0.0524. The Balaban J connectivity index is 1.79. The van der Waals surface area contributed by atoms with Gasteiger partial charge < -0.3 is 24.2 Å². The van der Waals surface area contributed by atoms with E-state index >= 15 is 0 Å². The summed E-state index contributed by atoms with van der Waals surface area (Å²) in [7, 11) is 3.08. The Labute approximate surface area is 193 Å². The minimum Gasteiger partial charge on any atom is -0.507 e. The van der Waals surface area contributed by atoms with E-state index in [1.807, 2.05) is 6.07 Å². The van der Waals surface area contributed by atoms with Crippen molar-refractivity contribution in [2.75, 3.05) is 53.6 Å². The Kier molecular flexibility index (Phi) is 6.96. The molecule has 0 aromatic heterocycles. The van der Waals surface area contributed by atoms with Crippen molar-refractivity contribution in [2.24, 2.45) is 0 Å². The van der Waals surface area contributed by atoms with Gasteiger partial charge in [-0.1, -0.05) is 30.3 Å². The fourth-order valence-electron chi connectivity index (χ4n) is 4.30. The molecular formula is C25H28N2O6. The molecule has 0 aliphatic carbocycles. The number of methoxy groups -OCH3 is 2. The molecule has 1 amide bonds. The summed E-state index contributed by atoms with van der Waals surface area (Å²) >= 11 is 0. The first-order valence-corrected chi connectivity index (χ1v) is 10.9. The number of Topliss-reactive ketones (excluding diaryl/α,β-unsaturated/α-hetero) is 1. The van der Waals surface area contributed by atoms with Crippen molar-refractivity contribution in [1.29, 1.82) is 0 Å². The molecule has 0 bridgehead atoms. The molecule has 2 saturated heterocycles. The molecule has 2 heterocycles. The minimum atomic E-state index is -0.785. The van der Waals surface area contributed by atoms with Crippen molar-refractivity contribution >= 4 is 17.4 Å². The fourth-order valence-corrected chi connectivity index (χ4v) is 4.30. The highest BCUT2D eigenvalue weighted by Crippen LogP contribution is 2.43. The molecule has 2 fully saturated rings. The van der Waals surface area contributed by atoms with Crippen molar-refractivity contribution in [3.63, 3.8) is 0 Å². The zero-order valence-electron chi connectivity index (χ0n) is 18.8. The third-order valence-corrected chi connectivity index (χ3v) is 6.08. The Morgan fingerprint density at radius 2 is 1.76 bits per heavy atom. The number of morpholine rings is 1. The molecule has 0 radical (unpaired) electrons. The monoisotopic (exact) mass is 452 g/mol. The summed E-state index contributed by atoms with van der Waals surface area (Å²) in [5, 5.41) is 11.1. The van der Waals surface area contributed by atoms with Crippen LogP contribution in [0.5, 0.6) is 11.5 Å². The Bertz CT molecular complexity index is 1050. The second kappa shape index (κ2) is 10.1. The molecule has 2 aromatic rings. The summed E-state index contributed by atoms with van der Waals surface area (Å²) in [6, 6.07) is 13.2. The topological polar surface area (TPSA) is 88.5 Å². The Morgan fingerprint density at radius 1 is 1.03 bits per heavy atom. The van der Waals surface area contributed by atoms with E-state index in [1.165, 1.54) is 12.0 Å². The highest BCUT2D eigenvalue weighted by molar-refractivity contribution is 6.46. The van der Waals surface area contributed by atoms with Crippen LogP contribution in [0.3, 0.4) is 0 Å². The van der Waals surface area contributed by atoms with Crippen LogP contribution in [-0.4, -0.2) is 80.2 Å². The number of hydrogen-bond acceptors (Lipinski definition) is 7. The number of carbonyl (C=O) groups excluding carboxylic acids is 2. The quantitative estimate of drug-likeness (QED) is 0.392. The number of carbonyl (C=O) groups is 2. The number of ketones is 1. The second-order valence-electron chi connectivity index (χ2n) is 7.92. The first kappa shape index (κ1) is 22.8. The lowest BCUT2D eigenvalue weighted by molar-refractivity contribution is -0.140. The molecule has 2 aromatic carbocycles. The van der Waals surface area contributed by atoms with E-state index < -0.39 is 17.7 Å². The van der Waals surface area contributed by atoms with E-state index in [0.29, 0.717) is 48.9 Å². The van der Waals surface area contributed by atoms with Crippen molar-refractivity contribution in [3.05, 3.63) is 65.2 Å². The van der Waals surface area contributed by atoms with Gasteiger partial charge in [-0.05, 0) is 12.1 Å². The maximum absolute atomic E-state index is 13.2. The Morgan fingerprint density at radius 3 is 2.42 bits per heavy atom. The van der Waals surface area contributed by atoms with Crippen LogP contribution in [0, 0.1) is 0 Å². The van der Waals surface area contributed by atoms with Crippen molar-refractivity contribution in [2.45, 2.75) is 6.04 Å². The lowest BCUT2D eigenvalue weighted by Crippen LogP contribution is -2.42. The van der Waals surface area contributed by atoms with Crippen LogP contribution in [0.4, 0.5) is 0 Å². The zero-order chi connectivity index (χ0) is 23.4. The number of ether oxygens (including phenoxy) is 3. The number of aliphatic hydroxyl groups is 1. The third-order valence-electron chi connectivity index (χ3n) is 6.08. The average Bonchev–Trinajstić information content (AvgIpc) is 3.12. The molecule has 33 heavy (non-hydrogen) atoms. The van der Waals surface area contributed by atoms with Gasteiger partial charge in [0.05, 0.1) is 39.0 Å². The predicted octanol–water partition coefficient (Wildman–Crippen LogP) is 2.46. The summed E-state index contributed by atoms with van der Waals surface area (Å²) in [6.45, 7) is 3.74. The lowest BCUT2D eigenvalue weighted by Gasteiger charge is -2.31. The number of rotatable bonds is 7. The van der Waals surface area contributed by atoms with Gasteiger partial charge in [0.2, 0.25) is 0 Å². The molecule has 1 N–H and O–H groups in total. The molecule has 1 atom stereocenters. The molecule has 0 unspecified atom stereocenters. The largest absolute Gasteiger partial charge is 0.507 e. The number of likely N-dealkylation sites (tertiary alicyclic amines) is 1. The van der Waals surface area contributed by atoms with Crippen LogP contribution in [0.25, 0.3) is 5.76 Å². The highest BCUT2D eigenvalue weighted by Gasteiger charge is 2.47. The number of hydrogen-bond donors (Lipinski definition) is 1. The van der Waals surface area contributed by atoms with Crippen molar-refractivity contribution < 1.29 is 28.9 Å². The number of benzene rings is 2. The highest BCUT2D eigenvalue weighted by atomic mass is 16.5. The molecule has 2 aliphatic heterocycles. The molecule has 4 rings (SSSR count). The molecule has 8 nitrogen and oxygen atoms in total. The van der Waals surface area contributed by atoms with Gasteiger partial charge in [-0.15, -0.1) is 0 Å². The summed E-state index contributed by atoms with van der Waals surface area (Å²) < 4.78 is 16.3. The number of aliphatic hydroxyl groups excluding tert-OH is 1. The van der Waals surface area contributed by atoms with E-state index in [9.17, 15) is 14.7 Å². The molecule has 0 spiro atoms. The number of nitrogens with zero attached hydrogens (tertiary/aromatic N) is 2. The van der Waals surface area contributed by atoms with E-state index in [-0.39, 0.29) is 11.3 Å². The summed E-state index contributed by atoms with van der Waals surface area (Å²) in [5.41, 5.74) is 1.13. The summed E-state index contributed by atoms with van der Waals surface area (Å²) in [5.74, 6) is -0.490. The average molecular weight is 453 g/mol. The van der Waals surface area contributed by atoms with E-state index in [1.54, 1.807) is 49.6 Å². The van der Waals surface area contributed by atoms with Crippen molar-refractivity contribution in [3.8, 4) is 11.5 Å². The SMILES string of the molecule is COc1ccc([C@@H]2/C(=C(\O)c3ccccc3)C(=O)C(=O)N2CCN2CCOCC2)c(OC)c1. The first-order chi connectivity index (χ1) is 16.0. The van der Waals surface area contributed by atoms with Gasteiger partial charge in [-0.2, -0.15) is 0 Å². The standard InChI is InChI=1S/C25H28N2O6/c1-31-18-8-9-19(20(16-18)32-2)22-21(23(28)17-6-4-3-5-7-17)24(29)25(30)27(22)11-10-26-12-14-33-15-13-26/h3-9,16,22,28H,10-15H2,1-2H3/b23-21+/t22-/m1/s1. The van der Waals surface area contributed by atoms with Crippen LogP contribution < -0.4 is 9.47 Å². The van der Waals surface area contributed by atoms with Crippen molar-refractivity contribution in [1.82, 2.24) is 9.80 Å². The van der Waals surface area contributed by atoms with Gasteiger partial charge in [0.1, 0.15) is 17.3 Å². The first-order valence-electron chi connectivity index (χ1n) is 10.9. The Hall–Kier alpha value is -3.36. The molecule has 174 valence electrons. The molecule has 8 heteroatoms. The number of amides is 1. The van der Waals surface area contributed by atoms with Gasteiger partial charge in [0.25, 0.3) is 11.7 Å². The van der Waals surface area contributed by atoms with Gasteiger partial charge in [-0.3, -0.25) is 14.5 Å². The predicted molar refractivity (Wildman–Crippen MR) is 122 cm³/mol. The second-order valence-corrected chi connectivity index (χ2v) is 7.92. The van der Waals surface area contributed by atoms with Gasteiger partial charge in [0.15, 0.2) is 0 Å². The van der Waals surface area contributed by atoms with Gasteiger partial charge in [0, 0.05) is 43.4 Å². The van der Waals surface area contributed by atoms with Gasteiger partial charge >= 0.3 is 0 Å². The lowest BCUT2D eigenvalue weighted by atomic mass is 9.94. The normalized spacial score (nSPS) is 20.8. The maximum Gasteiger partial charge on any atom is 0.295 e. The van der Waals surface area contributed by atoms with E-state index in [4.69, 9.17) is 14.2 Å². The van der Waals surface area contributed by atoms with Gasteiger partial charge in [-0.25, -0.2) is 0 Å². The van der Waals surface area contributed by atoms with Crippen LogP contribution in [0.15, 0.2) is 54.1 Å².